The number of hydrogen-bond donors (Lipinski definition) is 1. The smallest absolute Gasteiger partial charge is 0.179 e. The van der Waals surface area contributed by atoms with Crippen molar-refractivity contribution in [3.63, 3.8) is 0 Å². The lowest BCUT2D eigenvalue weighted by molar-refractivity contribution is 0.101. The lowest BCUT2D eigenvalue weighted by atomic mass is 10.2. The van der Waals surface area contributed by atoms with E-state index in [1.54, 1.807) is 6.20 Å². The Bertz CT molecular complexity index is 386. The number of aliphatic hydroxyl groups is 1. The molecule has 1 fully saturated rings. The van der Waals surface area contributed by atoms with Crippen LogP contribution in [0.3, 0.4) is 0 Å². The van der Waals surface area contributed by atoms with E-state index in [2.05, 4.69) is 4.98 Å². The van der Waals surface area contributed by atoms with E-state index >= 15 is 0 Å². The van der Waals surface area contributed by atoms with Crippen LogP contribution in [0.5, 0.6) is 0 Å². The molecule has 1 saturated heterocycles. The lowest BCUT2D eigenvalue weighted by Gasteiger charge is -2.15. The highest BCUT2D eigenvalue weighted by Crippen LogP contribution is 2.21. The molecule has 5 nitrogen and oxygen atoms in total. The first-order chi connectivity index (χ1) is 7.09. The summed E-state index contributed by atoms with van der Waals surface area (Å²) in [7, 11) is 0. The van der Waals surface area contributed by atoms with Gasteiger partial charge in [0, 0.05) is 13.1 Å². The molecule has 0 saturated carbocycles. The Balaban J connectivity index is 2.31. The van der Waals surface area contributed by atoms with Gasteiger partial charge in [-0.25, -0.2) is 4.98 Å². The maximum absolute atomic E-state index is 11.1. The number of imidazole rings is 1. The number of aliphatic hydroxyl groups excluding tert-OH is 1. The molecule has 5 heteroatoms. The highest BCUT2D eigenvalue weighted by Gasteiger charge is 2.29. The van der Waals surface area contributed by atoms with Gasteiger partial charge >= 0.3 is 0 Å². The van der Waals surface area contributed by atoms with Crippen LogP contribution in [-0.2, 0) is 4.74 Å². The summed E-state index contributed by atoms with van der Waals surface area (Å²) in [4.78, 5) is 15.3. The number of nitrogens with zero attached hydrogens (tertiary/aromatic N) is 2. The predicted molar refractivity (Wildman–Crippen MR) is 52.8 cm³/mol. The minimum Gasteiger partial charge on any atom is -0.388 e. The topological polar surface area (TPSA) is 64.3 Å². The molecule has 1 aliphatic rings. The van der Waals surface area contributed by atoms with E-state index in [9.17, 15) is 9.90 Å². The third-order valence-corrected chi connectivity index (χ3v) is 2.66. The van der Waals surface area contributed by atoms with Gasteiger partial charge in [0.15, 0.2) is 5.78 Å². The number of aryl methyl sites for hydroxylation is 1. The number of hydrogen-bond acceptors (Lipinski definition) is 4. The molecular weight excluding hydrogens is 196 g/mol. The molecule has 0 bridgehead atoms. The molecule has 2 atom stereocenters. The third-order valence-electron chi connectivity index (χ3n) is 2.66. The number of ether oxygens (including phenoxy) is 1. The monoisotopic (exact) mass is 210 g/mol. The molecule has 15 heavy (non-hydrogen) atoms. The fourth-order valence-corrected chi connectivity index (χ4v) is 1.79. The van der Waals surface area contributed by atoms with Gasteiger partial charge in [0.2, 0.25) is 0 Å². The van der Waals surface area contributed by atoms with Gasteiger partial charge in [0.25, 0.3) is 0 Å². The fraction of sp³-hybridized carbons (Fsp3) is 0.600. The van der Waals surface area contributed by atoms with Crippen molar-refractivity contribution in [2.24, 2.45) is 0 Å². The van der Waals surface area contributed by atoms with Crippen LogP contribution in [0.25, 0.3) is 0 Å². The maximum atomic E-state index is 11.1. The summed E-state index contributed by atoms with van der Waals surface area (Å²) in [6.07, 6.45) is 1.16. The first kappa shape index (κ1) is 10.3. The molecule has 0 spiro atoms. The van der Waals surface area contributed by atoms with Crippen molar-refractivity contribution in [3.05, 3.63) is 17.7 Å². The minimum absolute atomic E-state index is 0.0646. The Morgan fingerprint density at radius 1 is 1.67 bits per heavy atom. The van der Waals surface area contributed by atoms with Gasteiger partial charge in [-0.1, -0.05) is 0 Å². The van der Waals surface area contributed by atoms with Crippen molar-refractivity contribution in [1.82, 2.24) is 9.55 Å². The van der Waals surface area contributed by atoms with Crippen molar-refractivity contribution < 1.29 is 14.6 Å². The summed E-state index contributed by atoms with van der Waals surface area (Å²) >= 11 is 0. The molecule has 2 unspecified atom stereocenters. The van der Waals surface area contributed by atoms with Crippen LogP contribution in [0, 0.1) is 6.92 Å². The fourth-order valence-electron chi connectivity index (χ4n) is 1.79. The molecule has 1 N–H and O–H groups in total. The lowest BCUT2D eigenvalue weighted by Crippen LogP contribution is -2.22. The van der Waals surface area contributed by atoms with Crippen molar-refractivity contribution >= 4 is 5.78 Å². The van der Waals surface area contributed by atoms with Crippen LogP contribution in [0.1, 0.15) is 29.3 Å². The van der Waals surface area contributed by atoms with Crippen molar-refractivity contribution in [2.45, 2.75) is 26.0 Å². The van der Waals surface area contributed by atoms with Gasteiger partial charge in [-0.15, -0.1) is 0 Å². The number of rotatable bonds is 2. The molecular formula is C10H14N2O3. The second-order valence-electron chi connectivity index (χ2n) is 3.81. The Hall–Kier alpha value is -1.20. The van der Waals surface area contributed by atoms with E-state index in [4.69, 9.17) is 4.74 Å². The standard InChI is InChI=1S/C10H14N2O3/c1-6(13)8-3-12(7(2)11-8)9-4-15-5-10(9)14/h3,9-10,14H,4-5H2,1-2H3. The second-order valence-corrected chi connectivity index (χ2v) is 3.81. The maximum Gasteiger partial charge on any atom is 0.179 e. The van der Waals surface area contributed by atoms with Crippen LogP contribution < -0.4 is 0 Å². The van der Waals surface area contributed by atoms with Gasteiger partial charge in [0.1, 0.15) is 17.6 Å². The van der Waals surface area contributed by atoms with Crippen LogP contribution in [0.2, 0.25) is 0 Å². The zero-order chi connectivity index (χ0) is 11.0. The zero-order valence-corrected chi connectivity index (χ0v) is 8.80. The number of Topliss-reactive ketones (excluding diaryl/α,β-unsaturated/α-hetero) is 1. The number of carbonyl (C=O) groups excluding carboxylic acids is 1. The molecule has 0 amide bonds. The first-order valence-corrected chi connectivity index (χ1v) is 4.92. The molecule has 0 aliphatic carbocycles. The van der Waals surface area contributed by atoms with Crippen LogP contribution in [-0.4, -0.2) is 39.8 Å². The number of ketones is 1. The summed E-state index contributed by atoms with van der Waals surface area (Å²) in [5.74, 6) is 0.667. The van der Waals surface area contributed by atoms with Crippen molar-refractivity contribution in [2.75, 3.05) is 13.2 Å². The minimum atomic E-state index is -0.516. The molecule has 0 aromatic carbocycles. The average Bonchev–Trinajstić information content (AvgIpc) is 2.71. The van der Waals surface area contributed by atoms with E-state index in [0.717, 1.165) is 5.82 Å². The number of aromatic nitrogens is 2. The third kappa shape index (κ3) is 1.80. The molecule has 1 aromatic rings. The first-order valence-electron chi connectivity index (χ1n) is 4.92. The van der Waals surface area contributed by atoms with Crippen LogP contribution in [0.4, 0.5) is 0 Å². The SMILES string of the molecule is CC(=O)c1cn(C2COCC2O)c(C)n1. The molecule has 82 valence electrons. The quantitative estimate of drug-likeness (QED) is 0.714. The van der Waals surface area contributed by atoms with Gasteiger partial charge < -0.3 is 14.4 Å². The molecule has 2 rings (SSSR count). The summed E-state index contributed by atoms with van der Waals surface area (Å²) in [5.41, 5.74) is 0.437. The van der Waals surface area contributed by atoms with Gasteiger partial charge in [-0.05, 0) is 6.92 Å². The van der Waals surface area contributed by atoms with Gasteiger partial charge in [-0.2, -0.15) is 0 Å². The molecule has 2 heterocycles. The van der Waals surface area contributed by atoms with Crippen molar-refractivity contribution in [1.29, 1.82) is 0 Å². The zero-order valence-electron chi connectivity index (χ0n) is 8.80. The predicted octanol–water partition coefficient (Wildman–Crippen LogP) is 0.326. The Labute approximate surface area is 87.7 Å². The summed E-state index contributed by atoms with van der Waals surface area (Å²) in [6, 6.07) is -0.120. The molecule has 1 aromatic heterocycles. The van der Waals surface area contributed by atoms with Crippen LogP contribution >= 0.6 is 0 Å². The van der Waals surface area contributed by atoms with E-state index < -0.39 is 6.10 Å². The Morgan fingerprint density at radius 2 is 2.40 bits per heavy atom. The Morgan fingerprint density at radius 3 is 2.87 bits per heavy atom. The van der Waals surface area contributed by atoms with E-state index in [-0.39, 0.29) is 11.8 Å². The summed E-state index contributed by atoms with van der Waals surface area (Å²) in [5, 5.41) is 9.66. The normalized spacial score (nSPS) is 25.8. The largest absolute Gasteiger partial charge is 0.388 e. The highest BCUT2D eigenvalue weighted by molar-refractivity contribution is 5.91. The number of carbonyl (C=O) groups is 1. The van der Waals surface area contributed by atoms with Gasteiger partial charge in [-0.3, -0.25) is 4.79 Å². The summed E-state index contributed by atoms with van der Waals surface area (Å²) in [6.45, 7) is 4.11. The highest BCUT2D eigenvalue weighted by atomic mass is 16.5. The molecule has 1 aliphatic heterocycles. The Kier molecular flexibility index (Phi) is 2.58. The van der Waals surface area contributed by atoms with Crippen molar-refractivity contribution in [3.8, 4) is 0 Å². The molecule has 0 radical (unpaired) electrons. The second kappa shape index (κ2) is 3.75. The van der Waals surface area contributed by atoms with E-state index in [1.165, 1.54) is 6.92 Å². The average molecular weight is 210 g/mol. The van der Waals surface area contributed by atoms with Gasteiger partial charge in [0.05, 0.1) is 19.3 Å². The van der Waals surface area contributed by atoms with E-state index in [1.807, 2.05) is 11.5 Å². The van der Waals surface area contributed by atoms with E-state index in [0.29, 0.717) is 18.9 Å². The van der Waals surface area contributed by atoms with Crippen LogP contribution in [0.15, 0.2) is 6.20 Å². The summed E-state index contributed by atoms with van der Waals surface area (Å²) < 4.78 is 6.98.